The minimum Gasteiger partial charge on any atom is -0.493 e. The van der Waals surface area contributed by atoms with Crippen LogP contribution in [0, 0.1) is 0 Å². The van der Waals surface area contributed by atoms with E-state index >= 15 is 0 Å². The first-order valence-electron chi connectivity index (χ1n) is 10.2. The number of hydrogen-bond donors (Lipinski definition) is 2. The molecule has 30 heavy (non-hydrogen) atoms. The normalized spacial score (nSPS) is 13.7. The quantitative estimate of drug-likeness (QED) is 0.224. The zero-order chi connectivity index (χ0) is 20.3. The zero-order valence-electron chi connectivity index (χ0n) is 17.8. The Bertz CT molecular complexity index is 779. The first-order valence-corrected chi connectivity index (χ1v) is 10.2. The number of pyridine rings is 1. The molecular formula is C22H32IN5O2. The topological polar surface area (TPSA) is 71.0 Å². The molecule has 1 aromatic heterocycles. The highest BCUT2D eigenvalue weighted by molar-refractivity contribution is 14.0. The average Bonchev–Trinajstić information content (AvgIpc) is 3.30. The number of benzene rings is 1. The highest BCUT2D eigenvalue weighted by atomic mass is 127. The fourth-order valence-electron chi connectivity index (χ4n) is 3.21. The van der Waals surface area contributed by atoms with Gasteiger partial charge in [0.1, 0.15) is 11.6 Å². The van der Waals surface area contributed by atoms with E-state index in [9.17, 15) is 0 Å². The molecule has 0 saturated carbocycles. The lowest BCUT2D eigenvalue weighted by atomic mass is 10.2. The summed E-state index contributed by atoms with van der Waals surface area (Å²) >= 11 is 0. The van der Waals surface area contributed by atoms with Gasteiger partial charge in [0.25, 0.3) is 0 Å². The monoisotopic (exact) mass is 525 g/mol. The Morgan fingerprint density at radius 2 is 2.00 bits per heavy atom. The summed E-state index contributed by atoms with van der Waals surface area (Å²) < 4.78 is 10.8. The highest BCUT2D eigenvalue weighted by Crippen LogP contribution is 2.18. The molecule has 0 radical (unpaired) electrons. The third-order valence-corrected chi connectivity index (χ3v) is 4.78. The Balaban J connectivity index is 0.00000320. The fraction of sp³-hybridized carbons (Fsp3) is 0.455. The van der Waals surface area contributed by atoms with E-state index in [-0.39, 0.29) is 24.0 Å². The van der Waals surface area contributed by atoms with E-state index in [0.29, 0.717) is 25.7 Å². The van der Waals surface area contributed by atoms with E-state index < -0.39 is 0 Å². The fourth-order valence-corrected chi connectivity index (χ4v) is 3.21. The number of halogens is 1. The van der Waals surface area contributed by atoms with Gasteiger partial charge in [0, 0.05) is 64.8 Å². The Hall–Kier alpha value is -2.07. The van der Waals surface area contributed by atoms with Crippen molar-refractivity contribution >= 4 is 41.4 Å². The predicted molar refractivity (Wildman–Crippen MR) is 133 cm³/mol. The molecule has 1 aliphatic rings. The number of hydrogen-bond acceptors (Lipinski definition) is 5. The lowest BCUT2D eigenvalue weighted by Crippen LogP contribution is -2.30. The Morgan fingerprint density at radius 1 is 1.17 bits per heavy atom. The molecule has 0 unspecified atom stereocenters. The molecule has 2 aromatic rings. The third-order valence-electron chi connectivity index (χ3n) is 4.78. The number of aromatic nitrogens is 1. The van der Waals surface area contributed by atoms with Gasteiger partial charge < -0.3 is 25.0 Å². The number of guanidine groups is 1. The number of rotatable bonds is 9. The summed E-state index contributed by atoms with van der Waals surface area (Å²) in [5, 5.41) is 6.63. The van der Waals surface area contributed by atoms with Gasteiger partial charge in [-0.1, -0.05) is 12.1 Å². The van der Waals surface area contributed by atoms with Crippen molar-refractivity contribution in [1.82, 2.24) is 10.3 Å². The number of aliphatic imine (C=N–C) groups is 1. The van der Waals surface area contributed by atoms with Crippen LogP contribution in [0.25, 0.3) is 0 Å². The van der Waals surface area contributed by atoms with E-state index in [1.807, 2.05) is 30.5 Å². The molecule has 2 N–H and O–H groups in total. The van der Waals surface area contributed by atoms with Gasteiger partial charge in [-0.3, -0.25) is 4.99 Å². The molecule has 0 atom stereocenters. The molecule has 0 aliphatic carbocycles. The van der Waals surface area contributed by atoms with Gasteiger partial charge in [0.2, 0.25) is 0 Å². The number of anilines is 2. The molecule has 0 amide bonds. The second-order valence-electron chi connectivity index (χ2n) is 6.99. The molecule has 0 spiro atoms. The van der Waals surface area contributed by atoms with Crippen molar-refractivity contribution in [3.8, 4) is 5.75 Å². The zero-order valence-corrected chi connectivity index (χ0v) is 20.1. The van der Waals surface area contributed by atoms with Crippen LogP contribution in [-0.4, -0.2) is 51.4 Å². The van der Waals surface area contributed by atoms with E-state index in [4.69, 9.17) is 9.47 Å². The molecule has 1 aliphatic heterocycles. The second-order valence-corrected chi connectivity index (χ2v) is 6.99. The van der Waals surface area contributed by atoms with E-state index in [1.54, 1.807) is 14.2 Å². The standard InChI is InChI=1S/C22H31N5O2.HI/c1-23-22(26-19-7-5-8-20(15-19)29-14-6-13-28-2)25-17-18-9-10-21(24-16-18)27-11-3-4-12-27;/h5,7-10,15-16H,3-4,6,11-14,17H2,1-2H3,(H2,23,25,26);1H. The summed E-state index contributed by atoms with van der Waals surface area (Å²) in [6, 6.07) is 12.1. The molecular weight excluding hydrogens is 493 g/mol. The van der Waals surface area contributed by atoms with Gasteiger partial charge >= 0.3 is 0 Å². The summed E-state index contributed by atoms with van der Waals surface area (Å²) in [5.41, 5.74) is 2.04. The van der Waals surface area contributed by atoms with Crippen molar-refractivity contribution in [2.45, 2.75) is 25.8 Å². The van der Waals surface area contributed by atoms with Crippen LogP contribution in [0.2, 0.25) is 0 Å². The Kier molecular flexibility index (Phi) is 10.7. The minimum absolute atomic E-state index is 0. The van der Waals surface area contributed by atoms with Gasteiger partial charge in [0.05, 0.1) is 6.61 Å². The van der Waals surface area contributed by atoms with Crippen LogP contribution < -0.4 is 20.3 Å². The maximum atomic E-state index is 5.75. The first-order chi connectivity index (χ1) is 14.3. The average molecular weight is 525 g/mol. The van der Waals surface area contributed by atoms with Gasteiger partial charge in [-0.15, -0.1) is 24.0 Å². The van der Waals surface area contributed by atoms with Gasteiger partial charge in [-0.25, -0.2) is 4.98 Å². The summed E-state index contributed by atoms with van der Waals surface area (Å²) in [4.78, 5) is 11.2. The van der Waals surface area contributed by atoms with Crippen LogP contribution >= 0.6 is 24.0 Å². The largest absolute Gasteiger partial charge is 0.493 e. The lowest BCUT2D eigenvalue weighted by molar-refractivity contribution is 0.172. The van der Waals surface area contributed by atoms with E-state index in [2.05, 4.69) is 37.6 Å². The van der Waals surface area contributed by atoms with Crippen molar-refractivity contribution in [1.29, 1.82) is 0 Å². The Labute approximate surface area is 196 Å². The summed E-state index contributed by atoms with van der Waals surface area (Å²) in [6.07, 6.45) is 5.31. The van der Waals surface area contributed by atoms with Crippen molar-refractivity contribution in [2.75, 3.05) is 50.7 Å². The number of methoxy groups -OCH3 is 1. The second kappa shape index (κ2) is 13.3. The first kappa shape index (κ1) is 24.2. The van der Waals surface area contributed by atoms with Crippen molar-refractivity contribution in [3.63, 3.8) is 0 Å². The molecule has 8 heteroatoms. The lowest BCUT2D eigenvalue weighted by Gasteiger charge is -2.17. The van der Waals surface area contributed by atoms with Crippen molar-refractivity contribution < 1.29 is 9.47 Å². The van der Waals surface area contributed by atoms with Crippen molar-refractivity contribution in [3.05, 3.63) is 48.2 Å². The Morgan fingerprint density at radius 3 is 2.70 bits per heavy atom. The highest BCUT2D eigenvalue weighted by Gasteiger charge is 2.13. The number of ether oxygens (including phenoxy) is 2. The van der Waals surface area contributed by atoms with Gasteiger partial charge in [-0.05, 0) is 36.6 Å². The van der Waals surface area contributed by atoms with Crippen LogP contribution in [0.1, 0.15) is 24.8 Å². The number of nitrogens with zero attached hydrogens (tertiary/aromatic N) is 3. The maximum absolute atomic E-state index is 5.75. The molecule has 3 rings (SSSR count). The molecule has 164 valence electrons. The molecule has 2 heterocycles. The molecule has 7 nitrogen and oxygen atoms in total. The third kappa shape index (κ3) is 7.64. The smallest absolute Gasteiger partial charge is 0.195 e. The predicted octanol–water partition coefficient (Wildman–Crippen LogP) is 3.90. The van der Waals surface area contributed by atoms with Gasteiger partial charge in [-0.2, -0.15) is 0 Å². The van der Waals surface area contributed by atoms with Crippen LogP contribution in [0.5, 0.6) is 5.75 Å². The SMILES string of the molecule is CN=C(NCc1ccc(N2CCCC2)nc1)Nc1cccc(OCCCOC)c1.I. The molecule has 1 saturated heterocycles. The summed E-state index contributed by atoms with van der Waals surface area (Å²) in [6.45, 7) is 4.19. The van der Waals surface area contributed by atoms with E-state index in [0.717, 1.165) is 42.3 Å². The summed E-state index contributed by atoms with van der Waals surface area (Å²) in [5.74, 6) is 2.59. The molecule has 1 fully saturated rings. The van der Waals surface area contributed by atoms with Crippen LogP contribution in [-0.2, 0) is 11.3 Å². The van der Waals surface area contributed by atoms with Crippen LogP contribution in [0.15, 0.2) is 47.6 Å². The minimum atomic E-state index is 0. The molecule has 1 aromatic carbocycles. The summed E-state index contributed by atoms with van der Waals surface area (Å²) in [7, 11) is 3.45. The molecule has 0 bridgehead atoms. The number of nitrogens with one attached hydrogen (secondary N) is 2. The van der Waals surface area contributed by atoms with Gasteiger partial charge in [0.15, 0.2) is 5.96 Å². The van der Waals surface area contributed by atoms with E-state index in [1.165, 1.54) is 12.8 Å². The van der Waals surface area contributed by atoms with Crippen molar-refractivity contribution in [2.24, 2.45) is 4.99 Å². The van der Waals surface area contributed by atoms with Crippen LogP contribution in [0.4, 0.5) is 11.5 Å². The van der Waals surface area contributed by atoms with Crippen LogP contribution in [0.3, 0.4) is 0 Å². The maximum Gasteiger partial charge on any atom is 0.195 e.